The van der Waals surface area contributed by atoms with E-state index in [1.165, 1.54) is 105 Å². The molecule has 1 unspecified atom stereocenters. The molecule has 4 aliphatic carbocycles. The van der Waals surface area contributed by atoms with Crippen LogP contribution in [0.5, 0.6) is 0 Å². The van der Waals surface area contributed by atoms with Crippen LogP contribution in [0.25, 0.3) is 84.0 Å². The van der Waals surface area contributed by atoms with Crippen LogP contribution in [0.1, 0.15) is 71.4 Å². The Kier molecular flexibility index (Phi) is 6.59. The predicted octanol–water partition coefficient (Wildman–Crippen LogP) is 14.3. The average Bonchev–Trinajstić information content (AvgIpc) is 3.85. The molecule has 0 bridgehead atoms. The lowest BCUT2D eigenvalue weighted by atomic mass is 9.77. The summed E-state index contributed by atoms with van der Waals surface area (Å²) in [5, 5.41) is 3.82. The molecule has 0 amide bonds. The van der Waals surface area contributed by atoms with E-state index >= 15 is 0 Å². The minimum Gasteiger partial charge on any atom is -0.456 e. The molecule has 6 aromatic carbocycles. The number of furan rings is 1. The van der Waals surface area contributed by atoms with Gasteiger partial charge in [-0.2, -0.15) is 0 Å². The van der Waals surface area contributed by atoms with E-state index in [9.17, 15) is 0 Å². The molecule has 12 rings (SSSR count). The van der Waals surface area contributed by atoms with E-state index in [4.69, 9.17) is 4.42 Å². The van der Waals surface area contributed by atoms with Gasteiger partial charge in [-0.15, -0.1) is 0 Å². The van der Waals surface area contributed by atoms with Crippen molar-refractivity contribution in [2.75, 3.05) is 0 Å². The fourth-order valence-corrected chi connectivity index (χ4v) is 10.4. The first-order chi connectivity index (χ1) is 27.4. The van der Waals surface area contributed by atoms with E-state index in [-0.39, 0.29) is 5.41 Å². The van der Waals surface area contributed by atoms with Crippen molar-refractivity contribution in [2.45, 2.75) is 45.4 Å². The fourth-order valence-electron chi connectivity index (χ4n) is 10.4. The number of benzene rings is 6. The van der Waals surface area contributed by atoms with Crippen molar-refractivity contribution in [3.8, 4) is 27.9 Å². The zero-order valence-electron chi connectivity index (χ0n) is 32.0. The predicted molar refractivity (Wildman–Crippen MR) is 235 cm³/mol. The second-order valence-electron chi connectivity index (χ2n) is 16.8. The average molecular weight is 720 g/mol. The molecule has 0 N–H and O–H groups in total. The molecule has 56 heavy (non-hydrogen) atoms. The summed E-state index contributed by atoms with van der Waals surface area (Å²) < 4.78 is 9.15. The Morgan fingerprint density at radius 2 is 1.48 bits per heavy atom. The largest absolute Gasteiger partial charge is 0.456 e. The Morgan fingerprint density at radius 1 is 0.679 bits per heavy atom. The number of fused-ring (bicyclic) bond motifs is 13. The van der Waals surface area contributed by atoms with E-state index in [2.05, 4.69) is 177 Å². The van der Waals surface area contributed by atoms with Crippen molar-refractivity contribution in [3.05, 3.63) is 184 Å². The number of hydrogen-bond acceptors (Lipinski definition) is 1. The Labute approximate surface area is 327 Å². The van der Waals surface area contributed by atoms with E-state index in [1.807, 2.05) is 0 Å². The van der Waals surface area contributed by atoms with Gasteiger partial charge in [0.05, 0.1) is 11.0 Å². The summed E-state index contributed by atoms with van der Waals surface area (Å²) in [6.07, 6.45) is 17.0. The quantitative estimate of drug-likeness (QED) is 0.178. The number of aromatic nitrogens is 1. The van der Waals surface area contributed by atoms with Crippen LogP contribution in [0.2, 0.25) is 0 Å². The first-order valence-electron chi connectivity index (χ1n) is 20.2. The molecule has 1 atom stereocenters. The van der Waals surface area contributed by atoms with Crippen molar-refractivity contribution in [3.63, 3.8) is 0 Å². The van der Waals surface area contributed by atoms with Crippen LogP contribution in [0.15, 0.2) is 144 Å². The van der Waals surface area contributed by atoms with E-state index in [0.29, 0.717) is 5.92 Å². The Bertz CT molecular complexity index is 3130. The smallest absolute Gasteiger partial charge is 0.143 e. The van der Waals surface area contributed by atoms with E-state index in [0.717, 1.165) is 30.6 Å². The first kappa shape index (κ1) is 31.9. The molecule has 4 aliphatic rings. The van der Waals surface area contributed by atoms with Gasteiger partial charge in [0, 0.05) is 44.3 Å². The number of rotatable bonds is 3. The van der Waals surface area contributed by atoms with Crippen LogP contribution in [-0.2, 0) is 11.8 Å². The van der Waals surface area contributed by atoms with Crippen LogP contribution in [0.3, 0.4) is 0 Å². The van der Waals surface area contributed by atoms with Crippen LogP contribution < -0.4 is 0 Å². The number of allylic oxidation sites excluding steroid dienone is 6. The lowest BCUT2D eigenvalue weighted by Gasteiger charge is -2.27. The highest BCUT2D eigenvalue weighted by Gasteiger charge is 2.38. The van der Waals surface area contributed by atoms with Gasteiger partial charge in [0.25, 0.3) is 0 Å². The monoisotopic (exact) mass is 719 g/mol. The Balaban J connectivity index is 1.03. The summed E-state index contributed by atoms with van der Waals surface area (Å²) in [6, 6.07) is 43.6. The van der Waals surface area contributed by atoms with Gasteiger partial charge in [-0.3, -0.25) is 0 Å². The maximum Gasteiger partial charge on any atom is 0.143 e. The lowest BCUT2D eigenvalue weighted by Crippen LogP contribution is -2.15. The zero-order chi connectivity index (χ0) is 37.3. The molecule has 0 saturated heterocycles. The third-order valence-corrected chi connectivity index (χ3v) is 13.3. The van der Waals surface area contributed by atoms with Gasteiger partial charge in [-0.05, 0) is 124 Å². The molecular weight excluding hydrogens is 679 g/mol. The highest BCUT2D eigenvalue weighted by Crippen LogP contribution is 2.53. The summed E-state index contributed by atoms with van der Waals surface area (Å²) in [6.45, 7) is 6.92. The highest BCUT2D eigenvalue weighted by molar-refractivity contribution is 6.12. The molecule has 268 valence electrons. The SMILES string of the molecule is Cc1ccc2c(c1)C=CC1CC(c3ccc4c(c3)c3cc(-c5ccccc5)ccc3n4-c3ccc4c(c3)C(C)(C)c3ccc5c6c(oc5c3-4)C=CCC6)=CC=C21. The van der Waals surface area contributed by atoms with Gasteiger partial charge in [0.2, 0.25) is 0 Å². The van der Waals surface area contributed by atoms with Crippen molar-refractivity contribution in [1.82, 2.24) is 4.57 Å². The molecule has 0 saturated carbocycles. The molecule has 0 radical (unpaired) electrons. The number of nitrogens with zero attached hydrogens (tertiary/aromatic N) is 1. The molecule has 2 heteroatoms. The van der Waals surface area contributed by atoms with Gasteiger partial charge < -0.3 is 8.98 Å². The molecule has 0 spiro atoms. The summed E-state index contributed by atoms with van der Waals surface area (Å²) >= 11 is 0. The van der Waals surface area contributed by atoms with Crippen molar-refractivity contribution in [2.24, 2.45) is 5.92 Å². The maximum atomic E-state index is 6.66. The summed E-state index contributed by atoms with van der Waals surface area (Å²) in [4.78, 5) is 0. The third-order valence-electron chi connectivity index (χ3n) is 13.3. The molecule has 2 nitrogen and oxygen atoms in total. The normalized spacial score (nSPS) is 17.4. The second kappa shape index (κ2) is 11.6. The topological polar surface area (TPSA) is 18.1 Å². The number of hydrogen-bond donors (Lipinski definition) is 0. The van der Waals surface area contributed by atoms with Crippen LogP contribution in [0.4, 0.5) is 0 Å². The van der Waals surface area contributed by atoms with Gasteiger partial charge in [0.1, 0.15) is 11.3 Å². The number of aryl methyl sites for hydroxylation is 2. The second-order valence-corrected chi connectivity index (χ2v) is 16.8. The Hall–Kier alpha value is -6.38. The third kappa shape index (κ3) is 4.50. The fraction of sp³-hybridized carbons (Fsp3) is 0.148. The first-order valence-corrected chi connectivity index (χ1v) is 20.2. The van der Waals surface area contributed by atoms with Crippen molar-refractivity contribution in [1.29, 1.82) is 0 Å². The molecule has 8 aromatic rings. The van der Waals surface area contributed by atoms with Gasteiger partial charge >= 0.3 is 0 Å². The van der Waals surface area contributed by atoms with Gasteiger partial charge in [-0.1, -0.05) is 129 Å². The minimum atomic E-state index is -0.169. The van der Waals surface area contributed by atoms with Crippen LogP contribution in [-0.4, -0.2) is 4.57 Å². The Morgan fingerprint density at radius 3 is 2.34 bits per heavy atom. The minimum absolute atomic E-state index is 0.169. The summed E-state index contributed by atoms with van der Waals surface area (Å²) in [7, 11) is 0. The van der Waals surface area contributed by atoms with Crippen molar-refractivity contribution < 1.29 is 4.42 Å². The highest BCUT2D eigenvalue weighted by atomic mass is 16.3. The molecule has 0 fully saturated rings. The van der Waals surface area contributed by atoms with E-state index in [1.54, 1.807) is 0 Å². The maximum absolute atomic E-state index is 6.66. The molecule has 2 heterocycles. The standard InChI is InChI=1S/C54H41NO/c1-32-13-20-40-37(27-32)14-15-38-28-34(16-21-41(38)40)36-18-26-50-46(30-36)45-29-35(33-9-5-4-6-10-33)17-25-49(45)55(50)39-19-22-44-48(31-39)54(2,3)47-24-23-43-42-11-7-8-12-51(42)56-53(43)52(44)47/h4-6,8-10,12-27,29-31,38H,7,11,28H2,1-3H3. The van der Waals surface area contributed by atoms with E-state index < -0.39 is 0 Å². The zero-order valence-corrected chi connectivity index (χ0v) is 32.0. The summed E-state index contributed by atoms with van der Waals surface area (Å²) in [5.41, 5.74) is 21.7. The lowest BCUT2D eigenvalue weighted by molar-refractivity contribution is 0.595. The molecule has 0 aliphatic heterocycles. The molecule has 2 aromatic heterocycles. The van der Waals surface area contributed by atoms with Crippen LogP contribution in [0, 0.1) is 12.8 Å². The van der Waals surface area contributed by atoms with Crippen molar-refractivity contribution >= 4 is 56.1 Å². The van der Waals surface area contributed by atoms with Gasteiger partial charge in [0.15, 0.2) is 0 Å². The molecular formula is C54H41NO. The van der Waals surface area contributed by atoms with Gasteiger partial charge in [-0.25, -0.2) is 0 Å². The van der Waals surface area contributed by atoms with Crippen LogP contribution >= 0.6 is 0 Å². The summed E-state index contributed by atoms with van der Waals surface area (Å²) in [5.74, 6) is 1.41.